The highest BCUT2D eigenvalue weighted by molar-refractivity contribution is 6.06. The molecule has 1 N–H and O–H groups in total. The summed E-state index contributed by atoms with van der Waals surface area (Å²) in [7, 11) is 1.59. The van der Waals surface area contributed by atoms with Gasteiger partial charge in [-0.3, -0.25) is 14.4 Å². The van der Waals surface area contributed by atoms with Crippen LogP contribution in [0.1, 0.15) is 61.1 Å². The zero-order valence-electron chi connectivity index (χ0n) is 24.4. The van der Waals surface area contributed by atoms with Crippen molar-refractivity contribution in [1.82, 2.24) is 4.90 Å². The molecule has 0 radical (unpaired) electrons. The van der Waals surface area contributed by atoms with Crippen LogP contribution >= 0.6 is 0 Å². The minimum Gasteiger partial charge on any atom is -0.493 e. The average Bonchev–Trinajstić information content (AvgIpc) is 3.00. The first kappa shape index (κ1) is 28.5. The van der Waals surface area contributed by atoms with Gasteiger partial charge < -0.3 is 19.5 Å². The van der Waals surface area contributed by atoms with Crippen LogP contribution in [0.25, 0.3) is 10.8 Å². The first-order valence-corrected chi connectivity index (χ1v) is 14.8. The van der Waals surface area contributed by atoms with E-state index in [1.54, 1.807) is 18.1 Å². The Balaban J connectivity index is 1.47. The van der Waals surface area contributed by atoms with Crippen molar-refractivity contribution in [2.75, 3.05) is 13.7 Å². The van der Waals surface area contributed by atoms with Gasteiger partial charge in [-0.2, -0.15) is 0 Å². The lowest BCUT2D eigenvalue weighted by Gasteiger charge is -2.43. The summed E-state index contributed by atoms with van der Waals surface area (Å²) in [6, 6.07) is 18.2. The SMILES string of the molecule is C=CCc1cc(C2C3=C(CCCC3=O)N(CC(=O)O)C3=C2C(=O)CCC3)cc(OC)c1OCc1cccc2ccccc12. The van der Waals surface area contributed by atoms with Gasteiger partial charge >= 0.3 is 5.97 Å². The summed E-state index contributed by atoms with van der Waals surface area (Å²) in [5.41, 5.74) is 5.20. The van der Waals surface area contributed by atoms with Crippen LogP contribution in [-0.4, -0.2) is 41.2 Å². The minimum absolute atomic E-state index is 0.0351. The molecule has 0 bridgehead atoms. The number of allylic oxidation sites excluding steroid dienone is 5. The van der Waals surface area contributed by atoms with E-state index in [9.17, 15) is 19.5 Å². The van der Waals surface area contributed by atoms with Crippen molar-refractivity contribution >= 4 is 28.3 Å². The lowest BCUT2D eigenvalue weighted by Crippen LogP contribution is -2.41. The summed E-state index contributed by atoms with van der Waals surface area (Å²) in [6.07, 6.45) is 5.54. The molecule has 3 aliphatic rings. The van der Waals surface area contributed by atoms with Crippen molar-refractivity contribution in [2.24, 2.45) is 0 Å². The largest absolute Gasteiger partial charge is 0.493 e. The van der Waals surface area contributed by atoms with Crippen LogP contribution < -0.4 is 9.47 Å². The Morgan fingerprint density at radius 2 is 1.63 bits per heavy atom. The molecule has 0 saturated carbocycles. The molecular weight excluding hydrogens is 542 g/mol. The van der Waals surface area contributed by atoms with Gasteiger partial charge in [-0.25, -0.2) is 0 Å². The lowest BCUT2D eigenvalue weighted by atomic mass is 9.70. The molecule has 1 heterocycles. The van der Waals surface area contributed by atoms with E-state index in [2.05, 4.69) is 24.8 Å². The number of carboxylic acids is 1. The first-order valence-electron chi connectivity index (χ1n) is 14.8. The number of fused-ring (bicyclic) bond motifs is 1. The molecule has 0 amide bonds. The van der Waals surface area contributed by atoms with E-state index >= 15 is 0 Å². The molecule has 7 heteroatoms. The predicted molar refractivity (Wildman–Crippen MR) is 164 cm³/mol. The molecule has 0 fully saturated rings. The number of hydrogen-bond acceptors (Lipinski definition) is 6. The third-order valence-corrected chi connectivity index (χ3v) is 8.70. The number of ether oxygens (including phenoxy) is 2. The van der Waals surface area contributed by atoms with Crippen molar-refractivity contribution in [3.05, 3.63) is 106 Å². The van der Waals surface area contributed by atoms with Gasteiger partial charge in [0.05, 0.1) is 7.11 Å². The Morgan fingerprint density at radius 3 is 2.28 bits per heavy atom. The van der Waals surface area contributed by atoms with E-state index in [0.717, 1.165) is 38.9 Å². The molecule has 220 valence electrons. The third-order valence-electron chi connectivity index (χ3n) is 8.70. The maximum atomic E-state index is 13.6. The minimum atomic E-state index is -0.990. The van der Waals surface area contributed by atoms with Crippen LogP contribution in [0.3, 0.4) is 0 Å². The summed E-state index contributed by atoms with van der Waals surface area (Å²) in [5.74, 6) is -0.538. The van der Waals surface area contributed by atoms with Gasteiger partial charge in [0.2, 0.25) is 0 Å². The van der Waals surface area contributed by atoms with E-state index in [1.165, 1.54) is 0 Å². The number of hydrogen-bond donors (Lipinski definition) is 1. The maximum absolute atomic E-state index is 13.6. The second kappa shape index (κ2) is 11.9. The smallest absolute Gasteiger partial charge is 0.323 e. The number of carbonyl (C=O) groups is 3. The summed E-state index contributed by atoms with van der Waals surface area (Å²) in [4.78, 5) is 40.8. The molecule has 2 aliphatic carbocycles. The summed E-state index contributed by atoms with van der Waals surface area (Å²) >= 11 is 0. The molecule has 0 unspecified atom stereocenters. The highest BCUT2D eigenvalue weighted by Gasteiger charge is 2.44. The van der Waals surface area contributed by atoms with Gasteiger partial charge in [-0.1, -0.05) is 54.6 Å². The molecule has 0 spiro atoms. The topological polar surface area (TPSA) is 93.1 Å². The second-order valence-corrected chi connectivity index (χ2v) is 11.3. The molecule has 1 aliphatic heterocycles. The Bertz CT molecular complexity index is 1660. The van der Waals surface area contributed by atoms with E-state index in [-0.39, 0.29) is 18.1 Å². The Morgan fingerprint density at radius 1 is 0.953 bits per heavy atom. The highest BCUT2D eigenvalue weighted by Crippen LogP contribution is 2.50. The predicted octanol–water partition coefficient (Wildman–Crippen LogP) is 6.65. The number of Topliss-reactive ketones (excluding diaryl/α,β-unsaturated/α-hetero) is 2. The first-order chi connectivity index (χ1) is 20.9. The number of carboxylic acid groups (broad SMARTS) is 1. The van der Waals surface area contributed by atoms with Crippen molar-refractivity contribution in [1.29, 1.82) is 0 Å². The number of benzene rings is 3. The van der Waals surface area contributed by atoms with Gasteiger partial charge in [0.25, 0.3) is 0 Å². The Kier molecular flexibility index (Phi) is 7.89. The zero-order valence-corrected chi connectivity index (χ0v) is 24.4. The molecule has 3 aromatic rings. The summed E-state index contributed by atoms with van der Waals surface area (Å²) in [6.45, 7) is 4.02. The van der Waals surface area contributed by atoms with Crippen LogP contribution in [0.5, 0.6) is 11.5 Å². The van der Waals surface area contributed by atoms with Gasteiger partial charge in [-0.15, -0.1) is 6.58 Å². The summed E-state index contributed by atoms with van der Waals surface area (Å²) in [5, 5.41) is 12.0. The fraction of sp³-hybridized carbons (Fsp3) is 0.306. The standard InChI is InChI=1S/C36H35NO6/c1-3-9-23-18-25(19-31(42-2)36(23)43-21-24-12-6-11-22-10-4-5-13-26(22)24)33-34-27(14-7-16-29(34)38)37(20-32(40)41)28-15-8-17-30(39)35(28)33/h3-6,10-13,18-19,33H,1,7-9,14-17,20-21H2,2H3,(H,40,41). The zero-order chi connectivity index (χ0) is 30.1. The number of methoxy groups -OCH3 is 1. The fourth-order valence-electron chi connectivity index (χ4n) is 6.92. The van der Waals surface area contributed by atoms with Crippen molar-refractivity contribution in [3.8, 4) is 11.5 Å². The van der Waals surface area contributed by atoms with Crippen molar-refractivity contribution in [2.45, 2.75) is 57.5 Å². The number of ketones is 2. The normalized spacial score (nSPS) is 17.2. The van der Waals surface area contributed by atoms with Gasteiger partial charge in [0.15, 0.2) is 23.1 Å². The average molecular weight is 578 g/mol. The van der Waals surface area contributed by atoms with Crippen LogP contribution in [0.4, 0.5) is 0 Å². The Labute approximate surface area is 251 Å². The fourth-order valence-corrected chi connectivity index (χ4v) is 6.92. The van der Waals surface area contributed by atoms with Gasteiger partial charge in [-0.05, 0) is 60.1 Å². The summed E-state index contributed by atoms with van der Waals surface area (Å²) < 4.78 is 12.4. The molecule has 6 rings (SSSR count). The van der Waals surface area contributed by atoms with Gasteiger partial charge in [0, 0.05) is 46.9 Å². The molecule has 7 nitrogen and oxygen atoms in total. The third kappa shape index (κ3) is 5.24. The number of rotatable bonds is 9. The van der Waals surface area contributed by atoms with E-state index in [0.29, 0.717) is 74.2 Å². The maximum Gasteiger partial charge on any atom is 0.323 e. The van der Waals surface area contributed by atoms with Gasteiger partial charge in [0.1, 0.15) is 13.2 Å². The molecule has 0 atom stereocenters. The molecule has 0 aromatic heterocycles. The molecule has 0 saturated heterocycles. The number of carbonyl (C=O) groups excluding carboxylic acids is 2. The quantitative estimate of drug-likeness (QED) is 0.285. The Hall–Kier alpha value is -4.65. The van der Waals surface area contributed by atoms with Crippen molar-refractivity contribution in [3.63, 3.8) is 0 Å². The highest BCUT2D eigenvalue weighted by atomic mass is 16.5. The van der Waals surface area contributed by atoms with E-state index in [1.807, 2.05) is 36.4 Å². The van der Waals surface area contributed by atoms with E-state index < -0.39 is 11.9 Å². The monoisotopic (exact) mass is 577 g/mol. The van der Waals surface area contributed by atoms with E-state index in [4.69, 9.17) is 9.47 Å². The van der Waals surface area contributed by atoms with Crippen LogP contribution in [0.15, 0.2) is 89.8 Å². The second-order valence-electron chi connectivity index (χ2n) is 11.3. The molecular formula is C36H35NO6. The van der Waals surface area contributed by atoms with Crippen LogP contribution in [-0.2, 0) is 27.4 Å². The molecule has 3 aromatic carbocycles. The lowest BCUT2D eigenvalue weighted by molar-refractivity contribution is -0.138. The number of aliphatic carboxylic acids is 1. The van der Waals surface area contributed by atoms with Crippen LogP contribution in [0.2, 0.25) is 0 Å². The molecule has 43 heavy (non-hydrogen) atoms. The number of nitrogens with zero attached hydrogens (tertiary/aromatic N) is 1. The van der Waals surface area contributed by atoms with Crippen molar-refractivity contribution < 1.29 is 29.0 Å². The van der Waals surface area contributed by atoms with Crippen LogP contribution in [0, 0.1) is 0 Å².